The lowest BCUT2D eigenvalue weighted by atomic mass is 10.1. The van der Waals surface area contributed by atoms with Crippen LogP contribution in [0.25, 0.3) is 10.6 Å². The second-order valence-electron chi connectivity index (χ2n) is 7.05. The fraction of sp³-hybridized carbons (Fsp3) is 0.476. The van der Waals surface area contributed by atoms with Crippen LogP contribution in [0, 0.1) is 6.92 Å². The Bertz CT molecular complexity index is 832. The highest BCUT2D eigenvalue weighted by atomic mass is 32.1. The summed E-state index contributed by atoms with van der Waals surface area (Å²) in [4.78, 5) is 31.9. The number of carbonyl (C=O) groups is 2. The monoisotopic (exact) mass is 401 g/mol. The Kier molecular flexibility index (Phi) is 6.80. The van der Waals surface area contributed by atoms with Crippen LogP contribution in [0.15, 0.2) is 24.3 Å². The second kappa shape index (κ2) is 9.30. The van der Waals surface area contributed by atoms with Crippen molar-refractivity contribution in [1.82, 2.24) is 15.2 Å². The first-order chi connectivity index (χ1) is 13.5. The zero-order chi connectivity index (χ0) is 20.1. The molecule has 0 saturated carbocycles. The maximum absolute atomic E-state index is 12.6. The fourth-order valence-electron chi connectivity index (χ4n) is 3.47. The Labute approximate surface area is 169 Å². The van der Waals surface area contributed by atoms with Gasteiger partial charge in [-0.2, -0.15) is 0 Å². The number of aryl methyl sites for hydroxylation is 1. The number of benzene rings is 1. The molecule has 1 aromatic carbocycles. The minimum Gasteiger partial charge on any atom is -0.462 e. The van der Waals surface area contributed by atoms with Gasteiger partial charge in [0.15, 0.2) is 0 Å². The molecule has 7 heteroatoms. The average Bonchev–Trinajstić information content (AvgIpc) is 3.28. The SMILES string of the molecule is CCOC(=O)c1ccc(-c2nc(C)c(C(=O)NCCC3CCCN3C)s2)cc1. The van der Waals surface area contributed by atoms with Gasteiger partial charge in [0, 0.05) is 18.2 Å². The van der Waals surface area contributed by atoms with E-state index in [4.69, 9.17) is 4.74 Å². The van der Waals surface area contributed by atoms with Crippen LogP contribution in [0.2, 0.25) is 0 Å². The fourth-order valence-corrected chi connectivity index (χ4v) is 4.46. The number of esters is 1. The topological polar surface area (TPSA) is 71.5 Å². The molecular formula is C21H27N3O3S. The molecule has 1 amide bonds. The lowest BCUT2D eigenvalue weighted by Crippen LogP contribution is -2.31. The van der Waals surface area contributed by atoms with E-state index < -0.39 is 0 Å². The number of hydrogen-bond acceptors (Lipinski definition) is 6. The molecule has 1 fully saturated rings. The van der Waals surface area contributed by atoms with Gasteiger partial charge in [-0.15, -0.1) is 11.3 Å². The number of amides is 1. The average molecular weight is 402 g/mol. The van der Waals surface area contributed by atoms with Gasteiger partial charge in [-0.25, -0.2) is 9.78 Å². The Hall–Kier alpha value is -2.25. The molecule has 0 aliphatic carbocycles. The molecule has 1 atom stereocenters. The Morgan fingerprint density at radius 2 is 2.07 bits per heavy atom. The van der Waals surface area contributed by atoms with Gasteiger partial charge in [0.05, 0.1) is 17.9 Å². The summed E-state index contributed by atoms with van der Waals surface area (Å²) in [6.07, 6.45) is 3.42. The predicted molar refractivity (Wildman–Crippen MR) is 111 cm³/mol. The van der Waals surface area contributed by atoms with Crippen molar-refractivity contribution in [2.75, 3.05) is 26.7 Å². The molecule has 0 spiro atoms. The molecule has 1 aliphatic rings. The van der Waals surface area contributed by atoms with Crippen molar-refractivity contribution in [3.8, 4) is 10.6 Å². The maximum Gasteiger partial charge on any atom is 0.338 e. The quantitative estimate of drug-likeness (QED) is 0.719. The molecule has 150 valence electrons. The summed E-state index contributed by atoms with van der Waals surface area (Å²) >= 11 is 1.38. The Morgan fingerprint density at radius 1 is 1.32 bits per heavy atom. The molecule has 2 aromatic rings. The third-order valence-corrected chi connectivity index (χ3v) is 6.29. The van der Waals surface area contributed by atoms with Crippen molar-refractivity contribution in [1.29, 1.82) is 0 Å². The van der Waals surface area contributed by atoms with Gasteiger partial charge in [-0.05, 0) is 58.8 Å². The lowest BCUT2D eigenvalue weighted by Gasteiger charge is -2.19. The summed E-state index contributed by atoms with van der Waals surface area (Å²) in [7, 11) is 2.15. The number of rotatable bonds is 7. The van der Waals surface area contributed by atoms with Crippen LogP contribution in [0.5, 0.6) is 0 Å². The highest BCUT2D eigenvalue weighted by Crippen LogP contribution is 2.28. The van der Waals surface area contributed by atoms with Crippen LogP contribution in [0.3, 0.4) is 0 Å². The van der Waals surface area contributed by atoms with E-state index in [2.05, 4.69) is 22.2 Å². The molecule has 2 heterocycles. The van der Waals surface area contributed by atoms with E-state index in [1.54, 1.807) is 19.1 Å². The summed E-state index contributed by atoms with van der Waals surface area (Å²) in [6.45, 7) is 5.80. The molecular weight excluding hydrogens is 374 g/mol. The van der Waals surface area contributed by atoms with E-state index in [0.717, 1.165) is 29.2 Å². The van der Waals surface area contributed by atoms with Crippen LogP contribution in [-0.2, 0) is 4.74 Å². The van der Waals surface area contributed by atoms with Crippen LogP contribution < -0.4 is 5.32 Å². The number of aromatic nitrogens is 1. The standard InChI is InChI=1S/C21H27N3O3S/c1-4-27-21(26)16-9-7-15(8-10-16)20-23-14(2)18(28-20)19(25)22-12-11-17-6-5-13-24(17)3/h7-10,17H,4-6,11-13H2,1-3H3,(H,22,25). The Morgan fingerprint density at radius 3 is 2.71 bits per heavy atom. The number of thiazole rings is 1. The van der Waals surface area contributed by atoms with Crippen molar-refractivity contribution >= 4 is 23.2 Å². The van der Waals surface area contributed by atoms with Gasteiger partial charge in [-0.1, -0.05) is 12.1 Å². The molecule has 0 bridgehead atoms. The molecule has 6 nitrogen and oxygen atoms in total. The number of carbonyl (C=O) groups excluding carboxylic acids is 2. The molecule has 1 aromatic heterocycles. The first kappa shape index (κ1) is 20.5. The second-order valence-corrected chi connectivity index (χ2v) is 8.05. The van der Waals surface area contributed by atoms with Crippen molar-refractivity contribution in [3.63, 3.8) is 0 Å². The van der Waals surface area contributed by atoms with E-state index in [1.807, 2.05) is 19.1 Å². The molecule has 0 radical (unpaired) electrons. The number of hydrogen-bond donors (Lipinski definition) is 1. The zero-order valence-corrected chi connectivity index (χ0v) is 17.5. The summed E-state index contributed by atoms with van der Waals surface area (Å²) in [5.41, 5.74) is 2.12. The summed E-state index contributed by atoms with van der Waals surface area (Å²) < 4.78 is 5.00. The van der Waals surface area contributed by atoms with Gasteiger partial charge in [0.2, 0.25) is 0 Å². The van der Waals surface area contributed by atoms with Crippen molar-refractivity contribution < 1.29 is 14.3 Å². The molecule has 1 aliphatic heterocycles. The van der Waals surface area contributed by atoms with Crippen LogP contribution in [0.1, 0.15) is 51.9 Å². The molecule has 3 rings (SSSR count). The molecule has 28 heavy (non-hydrogen) atoms. The number of nitrogens with zero attached hydrogens (tertiary/aromatic N) is 2. The largest absolute Gasteiger partial charge is 0.462 e. The van der Waals surface area contributed by atoms with E-state index >= 15 is 0 Å². The van der Waals surface area contributed by atoms with Gasteiger partial charge >= 0.3 is 5.97 Å². The number of likely N-dealkylation sites (tertiary alicyclic amines) is 1. The van der Waals surface area contributed by atoms with E-state index in [1.165, 1.54) is 24.2 Å². The lowest BCUT2D eigenvalue weighted by molar-refractivity contribution is 0.0526. The molecule has 1 unspecified atom stereocenters. The van der Waals surface area contributed by atoms with E-state index in [0.29, 0.717) is 29.6 Å². The highest BCUT2D eigenvalue weighted by molar-refractivity contribution is 7.17. The van der Waals surface area contributed by atoms with Crippen LogP contribution in [0.4, 0.5) is 0 Å². The Balaban J connectivity index is 1.62. The summed E-state index contributed by atoms with van der Waals surface area (Å²) in [5.74, 6) is -0.401. The van der Waals surface area contributed by atoms with E-state index in [9.17, 15) is 9.59 Å². The van der Waals surface area contributed by atoms with Crippen molar-refractivity contribution in [3.05, 3.63) is 40.4 Å². The van der Waals surface area contributed by atoms with Gasteiger partial charge in [0.1, 0.15) is 9.88 Å². The van der Waals surface area contributed by atoms with Crippen LogP contribution >= 0.6 is 11.3 Å². The highest BCUT2D eigenvalue weighted by Gasteiger charge is 2.21. The number of nitrogens with one attached hydrogen (secondary N) is 1. The summed E-state index contributed by atoms with van der Waals surface area (Å²) in [5, 5.41) is 3.81. The van der Waals surface area contributed by atoms with Crippen molar-refractivity contribution in [2.24, 2.45) is 0 Å². The van der Waals surface area contributed by atoms with E-state index in [-0.39, 0.29) is 11.9 Å². The minimum atomic E-state index is -0.336. The van der Waals surface area contributed by atoms with Gasteiger partial charge in [-0.3, -0.25) is 4.79 Å². The predicted octanol–water partition coefficient (Wildman–Crippen LogP) is 3.51. The van der Waals surface area contributed by atoms with Gasteiger partial charge in [0.25, 0.3) is 5.91 Å². The normalized spacial score (nSPS) is 16.9. The van der Waals surface area contributed by atoms with Crippen LogP contribution in [-0.4, -0.2) is 54.5 Å². The van der Waals surface area contributed by atoms with Crippen molar-refractivity contribution in [2.45, 2.75) is 39.2 Å². The smallest absolute Gasteiger partial charge is 0.338 e. The molecule has 1 saturated heterocycles. The summed E-state index contributed by atoms with van der Waals surface area (Å²) in [6, 6.07) is 7.69. The third kappa shape index (κ3) is 4.77. The first-order valence-electron chi connectivity index (χ1n) is 9.73. The minimum absolute atomic E-state index is 0.0648. The third-order valence-electron chi connectivity index (χ3n) is 5.08. The maximum atomic E-state index is 12.6. The first-order valence-corrected chi connectivity index (χ1v) is 10.5. The number of ether oxygens (including phenoxy) is 1. The molecule has 1 N–H and O–H groups in total. The van der Waals surface area contributed by atoms with Gasteiger partial charge < -0.3 is 15.0 Å². The zero-order valence-electron chi connectivity index (χ0n) is 16.7.